The first-order valence-electron chi connectivity index (χ1n) is 5.33. The van der Waals surface area contributed by atoms with E-state index < -0.39 is 5.60 Å². The average Bonchev–Trinajstić information content (AvgIpc) is 1.97. The molecular formula is C13H19BrOS. The maximum atomic E-state index is 9.93. The first kappa shape index (κ1) is 14.1. The fourth-order valence-electron chi connectivity index (χ4n) is 2.25. The van der Waals surface area contributed by atoms with Gasteiger partial charge in [0.2, 0.25) is 0 Å². The number of hydrogen-bond donors (Lipinski definition) is 2. The fraction of sp³-hybridized carbons (Fsp3) is 0.538. The Morgan fingerprint density at radius 2 is 1.81 bits per heavy atom. The van der Waals surface area contributed by atoms with Crippen LogP contribution in [0.3, 0.4) is 0 Å². The lowest BCUT2D eigenvalue weighted by Gasteiger charge is -2.32. The minimum absolute atomic E-state index is 0.0873. The molecule has 0 aliphatic carbocycles. The Morgan fingerprint density at radius 1 is 1.25 bits per heavy atom. The maximum Gasteiger partial charge on any atom is 0.0600 e. The zero-order chi connectivity index (χ0) is 12.6. The third kappa shape index (κ3) is 3.79. The lowest BCUT2D eigenvalue weighted by molar-refractivity contribution is 0.0497. The zero-order valence-electron chi connectivity index (χ0n) is 10.2. The summed E-state index contributed by atoms with van der Waals surface area (Å²) in [6.45, 7) is 7.94. The molecule has 0 heterocycles. The van der Waals surface area contributed by atoms with Crippen LogP contribution in [-0.2, 0) is 5.41 Å². The first-order chi connectivity index (χ1) is 7.12. The molecule has 1 nitrogen and oxygen atoms in total. The molecule has 0 spiro atoms. The van der Waals surface area contributed by atoms with E-state index >= 15 is 0 Å². The van der Waals surface area contributed by atoms with Gasteiger partial charge >= 0.3 is 0 Å². The van der Waals surface area contributed by atoms with E-state index in [1.54, 1.807) is 0 Å². The molecule has 3 heteroatoms. The molecule has 0 amide bonds. The second-order valence-corrected chi connectivity index (χ2v) is 6.93. The van der Waals surface area contributed by atoms with Crippen LogP contribution in [0, 0.1) is 0 Å². The summed E-state index contributed by atoms with van der Waals surface area (Å²) in [5, 5.41) is 9.93. The maximum absolute atomic E-state index is 9.93. The van der Waals surface area contributed by atoms with Crippen molar-refractivity contribution in [1.29, 1.82) is 0 Å². The Hall–Kier alpha value is 0.01000. The Balaban J connectivity index is 3.07. The predicted octanol–water partition coefficient (Wildman–Crippen LogP) is 4.18. The van der Waals surface area contributed by atoms with E-state index in [1.165, 1.54) is 5.56 Å². The second kappa shape index (κ2) is 4.71. The van der Waals surface area contributed by atoms with Crippen molar-refractivity contribution in [3.8, 4) is 0 Å². The summed E-state index contributed by atoms with van der Waals surface area (Å²) in [6, 6.07) is 6.07. The topological polar surface area (TPSA) is 20.2 Å². The average molecular weight is 303 g/mol. The van der Waals surface area contributed by atoms with E-state index in [9.17, 15) is 5.11 Å². The monoisotopic (exact) mass is 302 g/mol. The van der Waals surface area contributed by atoms with Crippen LogP contribution in [0.5, 0.6) is 0 Å². The van der Waals surface area contributed by atoms with Gasteiger partial charge in [-0.15, -0.1) is 12.6 Å². The highest BCUT2D eigenvalue weighted by molar-refractivity contribution is 9.10. The van der Waals surface area contributed by atoms with Gasteiger partial charge < -0.3 is 5.11 Å². The van der Waals surface area contributed by atoms with Crippen LogP contribution in [0.2, 0.25) is 0 Å². The van der Waals surface area contributed by atoms with Crippen molar-refractivity contribution in [2.75, 3.05) is 0 Å². The van der Waals surface area contributed by atoms with E-state index in [0.29, 0.717) is 6.42 Å². The van der Waals surface area contributed by atoms with Crippen LogP contribution >= 0.6 is 28.6 Å². The molecule has 0 aromatic heterocycles. The lowest BCUT2D eigenvalue weighted by atomic mass is 9.76. The minimum atomic E-state index is -0.670. The number of thiol groups is 1. The van der Waals surface area contributed by atoms with Crippen molar-refractivity contribution in [2.24, 2.45) is 0 Å². The fourth-order valence-corrected chi connectivity index (χ4v) is 3.31. The zero-order valence-corrected chi connectivity index (χ0v) is 12.7. The van der Waals surface area contributed by atoms with Gasteiger partial charge in [0.15, 0.2) is 0 Å². The number of halogens is 1. The summed E-state index contributed by atoms with van der Waals surface area (Å²) < 4.78 is 1.03. The van der Waals surface area contributed by atoms with Crippen molar-refractivity contribution < 1.29 is 5.11 Å². The van der Waals surface area contributed by atoms with Crippen LogP contribution in [-0.4, -0.2) is 10.7 Å². The summed E-state index contributed by atoms with van der Waals surface area (Å²) in [6.07, 6.45) is 0.704. The summed E-state index contributed by atoms with van der Waals surface area (Å²) in [7, 11) is 0. The third-order valence-corrected chi connectivity index (χ3v) is 3.43. The van der Waals surface area contributed by atoms with Gasteiger partial charge in [-0.3, -0.25) is 0 Å². The Labute approximate surface area is 112 Å². The number of hydrogen-bond acceptors (Lipinski definition) is 2. The molecule has 0 radical (unpaired) electrons. The van der Waals surface area contributed by atoms with Crippen molar-refractivity contribution in [3.05, 3.63) is 28.2 Å². The van der Waals surface area contributed by atoms with Crippen LogP contribution in [0.1, 0.15) is 39.7 Å². The molecular weight excluding hydrogens is 284 g/mol. The number of rotatable bonds is 3. The van der Waals surface area contributed by atoms with Gasteiger partial charge in [0, 0.05) is 9.37 Å². The van der Waals surface area contributed by atoms with Gasteiger partial charge in [0.1, 0.15) is 0 Å². The quantitative estimate of drug-likeness (QED) is 0.803. The SMILES string of the molecule is CC(C)(O)CC(C)(C)c1ccc(Br)cc1S. The van der Waals surface area contributed by atoms with Gasteiger partial charge in [-0.1, -0.05) is 35.8 Å². The summed E-state index contributed by atoms with van der Waals surface area (Å²) in [4.78, 5) is 0.962. The van der Waals surface area contributed by atoms with Crippen molar-refractivity contribution >= 4 is 28.6 Å². The summed E-state index contributed by atoms with van der Waals surface area (Å²) >= 11 is 7.93. The van der Waals surface area contributed by atoms with Gasteiger partial charge in [0.05, 0.1) is 5.60 Å². The largest absolute Gasteiger partial charge is 0.390 e. The first-order valence-corrected chi connectivity index (χ1v) is 6.57. The smallest absolute Gasteiger partial charge is 0.0600 e. The number of aliphatic hydroxyl groups is 1. The number of benzene rings is 1. The highest BCUT2D eigenvalue weighted by Gasteiger charge is 2.29. The Kier molecular flexibility index (Phi) is 4.14. The minimum Gasteiger partial charge on any atom is -0.390 e. The highest BCUT2D eigenvalue weighted by atomic mass is 79.9. The van der Waals surface area contributed by atoms with Crippen LogP contribution < -0.4 is 0 Å². The molecule has 1 aromatic carbocycles. The van der Waals surface area contributed by atoms with Crippen LogP contribution in [0.4, 0.5) is 0 Å². The molecule has 0 saturated carbocycles. The molecule has 0 saturated heterocycles. The normalized spacial score (nSPS) is 12.9. The summed E-state index contributed by atoms with van der Waals surface area (Å²) in [5.41, 5.74) is 0.411. The van der Waals surface area contributed by atoms with Gasteiger partial charge in [0.25, 0.3) is 0 Å². The van der Waals surface area contributed by atoms with E-state index in [2.05, 4.69) is 48.5 Å². The second-order valence-electron chi connectivity index (χ2n) is 5.53. The third-order valence-electron chi connectivity index (χ3n) is 2.56. The predicted molar refractivity (Wildman–Crippen MR) is 75.3 cm³/mol. The molecule has 0 atom stereocenters. The molecule has 1 rings (SSSR count). The highest BCUT2D eigenvalue weighted by Crippen LogP contribution is 2.36. The van der Waals surface area contributed by atoms with Crippen molar-refractivity contribution in [3.63, 3.8) is 0 Å². The molecule has 16 heavy (non-hydrogen) atoms. The molecule has 0 unspecified atom stereocenters. The van der Waals surface area contributed by atoms with Crippen LogP contribution in [0.15, 0.2) is 27.6 Å². The molecule has 90 valence electrons. The molecule has 1 N–H and O–H groups in total. The van der Waals surface area contributed by atoms with E-state index in [-0.39, 0.29) is 5.41 Å². The molecule has 1 aromatic rings. The van der Waals surface area contributed by atoms with Crippen molar-refractivity contribution in [1.82, 2.24) is 0 Å². The van der Waals surface area contributed by atoms with Crippen LogP contribution in [0.25, 0.3) is 0 Å². The van der Waals surface area contributed by atoms with E-state index in [1.807, 2.05) is 26.0 Å². The van der Waals surface area contributed by atoms with Gasteiger partial charge in [-0.25, -0.2) is 0 Å². The molecule has 0 fully saturated rings. The molecule has 0 aliphatic heterocycles. The Bertz CT molecular complexity index is 380. The summed E-state index contributed by atoms with van der Waals surface area (Å²) in [5.74, 6) is 0. The molecule has 0 bridgehead atoms. The van der Waals surface area contributed by atoms with Crippen molar-refractivity contribution in [2.45, 2.75) is 50.0 Å². The molecule has 0 aliphatic rings. The van der Waals surface area contributed by atoms with Gasteiger partial charge in [-0.2, -0.15) is 0 Å². The van der Waals surface area contributed by atoms with E-state index in [4.69, 9.17) is 0 Å². The Morgan fingerprint density at radius 3 is 2.25 bits per heavy atom. The lowest BCUT2D eigenvalue weighted by Crippen LogP contribution is -2.31. The van der Waals surface area contributed by atoms with Gasteiger partial charge in [-0.05, 0) is 43.4 Å². The van der Waals surface area contributed by atoms with E-state index in [0.717, 1.165) is 9.37 Å². The standard InChI is InChI=1S/C13H19BrOS/c1-12(2,8-13(3,4)15)10-6-5-9(14)7-11(10)16/h5-7,15-16H,8H2,1-4H3.